The lowest BCUT2D eigenvalue weighted by atomic mass is 9.91. The fourth-order valence-corrected chi connectivity index (χ4v) is 7.83. The third-order valence-corrected chi connectivity index (χ3v) is 10.5. The predicted octanol–water partition coefficient (Wildman–Crippen LogP) is 6.49. The van der Waals surface area contributed by atoms with Crippen molar-refractivity contribution in [2.75, 3.05) is 26.2 Å². The molecule has 12 heteroatoms. The Bertz CT molecular complexity index is 2380. The first-order valence-corrected chi connectivity index (χ1v) is 17.5. The number of fused-ring (bicyclic) bond motifs is 2. The summed E-state index contributed by atoms with van der Waals surface area (Å²) >= 11 is 6.71. The van der Waals surface area contributed by atoms with Gasteiger partial charge in [-0.2, -0.15) is 5.26 Å². The fraction of sp³-hybridized carbons (Fsp3) is 0.308. The molecule has 8 rings (SSSR count). The highest BCUT2D eigenvalue weighted by Gasteiger charge is 2.28. The molecule has 3 aromatic carbocycles. The first-order valence-electron chi connectivity index (χ1n) is 17.1. The van der Waals surface area contributed by atoms with Crippen LogP contribution >= 0.6 is 11.6 Å². The minimum atomic E-state index is -0.770. The zero-order valence-electron chi connectivity index (χ0n) is 28.3. The second-order valence-electron chi connectivity index (χ2n) is 13.7. The van der Waals surface area contributed by atoms with Crippen molar-refractivity contribution in [2.24, 2.45) is 5.92 Å². The van der Waals surface area contributed by atoms with E-state index in [-0.39, 0.29) is 12.0 Å². The van der Waals surface area contributed by atoms with Gasteiger partial charge in [-0.15, -0.1) is 5.10 Å². The number of carbonyl (C=O) groups is 1. The number of benzene rings is 3. The number of β-amino-alcohol motifs (C(OH)–C–C–N with tert-alkyl or cyclic N) is 1. The number of likely N-dealkylation sites (tertiary alicyclic amines) is 2. The van der Waals surface area contributed by atoms with Crippen LogP contribution in [0.25, 0.3) is 50.7 Å². The molecule has 0 unspecified atom stereocenters. The number of aliphatic hydroxyl groups is 1. The van der Waals surface area contributed by atoms with Gasteiger partial charge in [-0.3, -0.25) is 14.6 Å². The molecule has 2 N–H and O–H groups in total. The third-order valence-electron chi connectivity index (χ3n) is 10.2. The Labute approximate surface area is 299 Å². The van der Waals surface area contributed by atoms with E-state index in [0.717, 1.165) is 57.5 Å². The van der Waals surface area contributed by atoms with E-state index in [1.54, 1.807) is 4.52 Å². The van der Waals surface area contributed by atoms with Gasteiger partial charge in [0.15, 0.2) is 17.1 Å². The van der Waals surface area contributed by atoms with Gasteiger partial charge in [0.25, 0.3) is 0 Å². The molecule has 6 aromatic rings. The van der Waals surface area contributed by atoms with Gasteiger partial charge in [-0.25, -0.2) is 14.5 Å². The molecule has 3 aromatic heterocycles. The van der Waals surface area contributed by atoms with Gasteiger partial charge in [0, 0.05) is 50.0 Å². The van der Waals surface area contributed by atoms with Crippen LogP contribution in [0.15, 0.2) is 65.2 Å². The summed E-state index contributed by atoms with van der Waals surface area (Å²) in [4.78, 5) is 25.4. The van der Waals surface area contributed by atoms with Crippen molar-refractivity contribution in [3.8, 4) is 40.0 Å². The van der Waals surface area contributed by atoms with E-state index in [1.807, 2.05) is 55.6 Å². The maximum Gasteiger partial charge on any atom is 0.307 e. The zero-order chi connectivity index (χ0) is 35.4. The van der Waals surface area contributed by atoms with Crippen molar-refractivity contribution in [2.45, 2.75) is 45.9 Å². The molecule has 0 amide bonds. The van der Waals surface area contributed by atoms with Crippen LogP contribution in [0.4, 0.5) is 0 Å². The Kier molecular flexibility index (Phi) is 8.56. The van der Waals surface area contributed by atoms with Crippen LogP contribution in [0.2, 0.25) is 5.02 Å². The van der Waals surface area contributed by atoms with Crippen LogP contribution in [-0.2, 0) is 17.9 Å². The molecule has 2 fully saturated rings. The SMILES string of the molecule is Cc1c(-c2nc3c(Cl)cc(CN4CC[C@@H](O)C4)cn3n2)cccc1-c1cccc(-c2nc3cc(CN4CC[C@@H](C(=O)O)C4)cc(C#N)c3o2)c1C. The quantitative estimate of drug-likeness (QED) is 0.181. The molecule has 0 aliphatic carbocycles. The summed E-state index contributed by atoms with van der Waals surface area (Å²) < 4.78 is 8.01. The number of nitrogens with zero attached hydrogens (tertiary/aromatic N) is 7. The molecule has 2 aliphatic rings. The predicted molar refractivity (Wildman–Crippen MR) is 193 cm³/mol. The number of aliphatic hydroxyl groups excluding tert-OH is 1. The molecule has 0 radical (unpaired) electrons. The molecular weight excluding hydrogens is 666 g/mol. The highest BCUT2D eigenvalue weighted by Crippen LogP contribution is 2.38. The summed E-state index contributed by atoms with van der Waals surface area (Å²) in [5, 5.41) is 34.7. The van der Waals surface area contributed by atoms with Crippen molar-refractivity contribution in [1.82, 2.24) is 29.4 Å². The summed E-state index contributed by atoms with van der Waals surface area (Å²) in [6, 6.07) is 20.0. The standard InChI is InChI=1S/C39H36ClN7O4/c1-22-29(5-3-7-31(22)36-43-37-33(40)14-25(19-47(37)44-36)18-46-12-10-28(48)21-46)30-6-4-8-32(23(30)2)38-42-34-15-24(13-27(16-41)35(34)51-38)17-45-11-9-26(20-45)39(49)50/h3-8,13-15,19,26,28,48H,9-12,17-18,20-21H2,1-2H3,(H,49,50)/t26-,28-/m1/s1. The number of carboxylic acids is 1. The number of nitriles is 1. The number of halogens is 1. The van der Waals surface area contributed by atoms with Crippen molar-refractivity contribution < 1.29 is 19.4 Å². The minimum Gasteiger partial charge on any atom is -0.481 e. The van der Waals surface area contributed by atoms with E-state index in [4.69, 9.17) is 31.1 Å². The first kappa shape index (κ1) is 33.0. The number of rotatable bonds is 8. The highest BCUT2D eigenvalue weighted by molar-refractivity contribution is 6.33. The molecule has 0 saturated carbocycles. The molecule has 0 bridgehead atoms. The van der Waals surface area contributed by atoms with Gasteiger partial charge in [0.2, 0.25) is 5.89 Å². The molecule has 2 aliphatic heterocycles. The number of hydrogen-bond donors (Lipinski definition) is 2. The molecule has 51 heavy (non-hydrogen) atoms. The van der Waals surface area contributed by atoms with Crippen LogP contribution in [0.1, 0.15) is 40.7 Å². The summed E-state index contributed by atoms with van der Waals surface area (Å²) in [6.07, 6.45) is 3.06. The van der Waals surface area contributed by atoms with Crippen LogP contribution in [0, 0.1) is 31.1 Å². The first-order chi connectivity index (χ1) is 24.6. The molecule has 11 nitrogen and oxygen atoms in total. The highest BCUT2D eigenvalue weighted by atomic mass is 35.5. The fourth-order valence-electron chi connectivity index (χ4n) is 7.56. The van der Waals surface area contributed by atoms with Crippen molar-refractivity contribution in [1.29, 1.82) is 5.26 Å². The molecule has 5 heterocycles. The van der Waals surface area contributed by atoms with E-state index < -0.39 is 5.97 Å². The van der Waals surface area contributed by atoms with Crippen molar-refractivity contribution >= 4 is 34.3 Å². The summed E-state index contributed by atoms with van der Waals surface area (Å²) in [5.41, 5.74) is 9.63. The Balaban J connectivity index is 1.10. The largest absolute Gasteiger partial charge is 0.481 e. The molecule has 258 valence electrons. The van der Waals surface area contributed by atoms with E-state index >= 15 is 0 Å². The van der Waals surface area contributed by atoms with Gasteiger partial charge >= 0.3 is 5.97 Å². The lowest BCUT2D eigenvalue weighted by Gasteiger charge is -2.15. The number of aliphatic carboxylic acids is 1. The van der Waals surface area contributed by atoms with Gasteiger partial charge in [-0.1, -0.05) is 41.9 Å². The van der Waals surface area contributed by atoms with Gasteiger partial charge in [0.05, 0.1) is 22.6 Å². The normalized spacial score (nSPS) is 18.3. The maximum absolute atomic E-state index is 11.5. The summed E-state index contributed by atoms with van der Waals surface area (Å²) in [6.45, 7) is 8.00. The average Bonchev–Trinajstić information content (AvgIpc) is 3.92. The van der Waals surface area contributed by atoms with E-state index in [1.165, 1.54) is 0 Å². The summed E-state index contributed by atoms with van der Waals surface area (Å²) in [7, 11) is 0. The van der Waals surface area contributed by atoms with E-state index in [0.29, 0.717) is 78.2 Å². The van der Waals surface area contributed by atoms with Gasteiger partial charge < -0.3 is 14.6 Å². The second-order valence-corrected chi connectivity index (χ2v) is 14.1. The van der Waals surface area contributed by atoms with Crippen LogP contribution in [0.3, 0.4) is 0 Å². The Morgan fingerprint density at radius 2 is 1.63 bits per heavy atom. The topological polar surface area (TPSA) is 144 Å². The minimum absolute atomic E-state index is 0.288. The maximum atomic E-state index is 11.5. The zero-order valence-corrected chi connectivity index (χ0v) is 29.1. The van der Waals surface area contributed by atoms with Crippen LogP contribution in [0.5, 0.6) is 0 Å². The molecule has 2 atom stereocenters. The monoisotopic (exact) mass is 701 g/mol. The van der Waals surface area contributed by atoms with Gasteiger partial charge in [0.1, 0.15) is 11.6 Å². The smallest absolute Gasteiger partial charge is 0.307 e. The summed E-state index contributed by atoms with van der Waals surface area (Å²) in [5.74, 6) is -0.139. The second kappa shape index (κ2) is 13.2. The lowest BCUT2D eigenvalue weighted by Crippen LogP contribution is -2.22. The van der Waals surface area contributed by atoms with Crippen molar-refractivity contribution in [3.63, 3.8) is 0 Å². The number of carboxylic acid groups (broad SMARTS) is 1. The van der Waals surface area contributed by atoms with Gasteiger partial charge in [-0.05, 0) is 90.9 Å². The number of pyridine rings is 1. The van der Waals surface area contributed by atoms with Crippen LogP contribution in [-0.4, -0.2) is 77.8 Å². The molecule has 2 saturated heterocycles. The number of oxazole rings is 1. The van der Waals surface area contributed by atoms with Crippen LogP contribution < -0.4 is 0 Å². The lowest BCUT2D eigenvalue weighted by molar-refractivity contribution is -0.141. The van der Waals surface area contributed by atoms with E-state index in [9.17, 15) is 20.3 Å². The van der Waals surface area contributed by atoms with Crippen molar-refractivity contribution in [3.05, 3.63) is 93.6 Å². The number of aromatic nitrogens is 4. The molecule has 0 spiro atoms. The molecular formula is C39H36ClN7O4. The third kappa shape index (κ3) is 6.25. The Morgan fingerprint density at radius 3 is 2.33 bits per heavy atom. The average molecular weight is 702 g/mol. The number of hydrogen-bond acceptors (Lipinski definition) is 9. The Hall–Kier alpha value is -5.12. The van der Waals surface area contributed by atoms with E-state index in [2.05, 4.69) is 34.9 Å². The Morgan fingerprint density at radius 1 is 0.941 bits per heavy atom.